The van der Waals surface area contributed by atoms with E-state index in [-0.39, 0.29) is 0 Å². The summed E-state index contributed by atoms with van der Waals surface area (Å²) in [5, 5.41) is 1.27. The van der Waals surface area contributed by atoms with Crippen molar-refractivity contribution in [1.29, 1.82) is 0 Å². The summed E-state index contributed by atoms with van der Waals surface area (Å²) >= 11 is 0. The normalized spacial score (nSPS) is 14.2. The fourth-order valence-corrected chi connectivity index (χ4v) is 3.91. The Morgan fingerprint density at radius 2 is 1.63 bits per heavy atom. The number of ether oxygens (including phenoxy) is 1. The monoisotopic (exact) mass is 354 g/mol. The van der Waals surface area contributed by atoms with Crippen molar-refractivity contribution in [3.05, 3.63) is 95.7 Å². The average molecular weight is 354 g/mol. The van der Waals surface area contributed by atoms with Gasteiger partial charge < -0.3 is 9.72 Å². The average Bonchev–Trinajstić information content (AvgIpc) is 3.07. The zero-order valence-corrected chi connectivity index (χ0v) is 15.2. The summed E-state index contributed by atoms with van der Waals surface area (Å²) in [5.41, 5.74) is 5.34. The molecule has 0 amide bonds. The molecule has 27 heavy (non-hydrogen) atoms. The van der Waals surface area contributed by atoms with E-state index in [1.165, 1.54) is 27.7 Å². The van der Waals surface area contributed by atoms with E-state index in [9.17, 15) is 0 Å². The molecule has 0 aliphatic carbocycles. The Kier molecular flexibility index (Phi) is 4.15. The van der Waals surface area contributed by atoms with Crippen LogP contribution in [0.5, 0.6) is 11.5 Å². The molecule has 1 aliphatic heterocycles. The topological polar surface area (TPSA) is 28.3 Å². The maximum atomic E-state index is 6.04. The summed E-state index contributed by atoms with van der Waals surface area (Å²) in [7, 11) is 0. The van der Waals surface area contributed by atoms with Crippen molar-refractivity contribution in [3.8, 4) is 11.5 Å². The molecule has 0 bridgehead atoms. The number of H-pyrrole nitrogens is 1. The molecule has 3 heteroatoms. The minimum atomic E-state index is 0.868. The number of hydrogen-bond acceptors (Lipinski definition) is 2. The number of rotatable bonds is 4. The molecule has 0 saturated carbocycles. The summed E-state index contributed by atoms with van der Waals surface area (Å²) in [6.45, 7) is 3.05. The molecular weight excluding hydrogens is 332 g/mol. The van der Waals surface area contributed by atoms with Gasteiger partial charge in [-0.3, -0.25) is 4.90 Å². The second kappa shape index (κ2) is 6.93. The van der Waals surface area contributed by atoms with Gasteiger partial charge in [0.25, 0.3) is 0 Å². The van der Waals surface area contributed by atoms with Crippen LogP contribution in [0.15, 0.2) is 78.9 Å². The van der Waals surface area contributed by atoms with Crippen molar-refractivity contribution < 1.29 is 4.74 Å². The summed E-state index contributed by atoms with van der Waals surface area (Å²) < 4.78 is 6.04. The summed E-state index contributed by atoms with van der Waals surface area (Å²) in [5.74, 6) is 1.75. The molecule has 3 aromatic carbocycles. The molecule has 4 aromatic rings. The van der Waals surface area contributed by atoms with Crippen molar-refractivity contribution in [2.75, 3.05) is 6.54 Å². The first-order valence-corrected chi connectivity index (χ1v) is 9.48. The predicted octanol–water partition coefficient (Wildman–Crippen LogP) is 5.52. The van der Waals surface area contributed by atoms with E-state index in [1.807, 2.05) is 36.4 Å². The first-order chi connectivity index (χ1) is 13.3. The maximum absolute atomic E-state index is 6.04. The lowest BCUT2D eigenvalue weighted by atomic mass is 10.0. The number of fused-ring (bicyclic) bond motifs is 3. The van der Waals surface area contributed by atoms with Crippen LogP contribution in [0, 0.1) is 0 Å². The zero-order valence-electron chi connectivity index (χ0n) is 15.2. The van der Waals surface area contributed by atoms with Crippen molar-refractivity contribution in [2.45, 2.75) is 19.5 Å². The van der Waals surface area contributed by atoms with Gasteiger partial charge in [-0.15, -0.1) is 0 Å². The number of aromatic nitrogens is 1. The number of aromatic amines is 1. The lowest BCUT2D eigenvalue weighted by molar-refractivity contribution is 0.245. The number of nitrogens with zero attached hydrogens (tertiary/aromatic N) is 1. The standard InChI is InChI=1S/C24H22N2O/c1-3-7-18(8-4-1)16-26-14-13-24-22(17-26)21-15-20(11-12-23(21)25-24)27-19-9-5-2-6-10-19/h1-12,15,25H,13-14,16-17H2. The zero-order chi connectivity index (χ0) is 18.1. The van der Waals surface area contributed by atoms with E-state index >= 15 is 0 Å². The third kappa shape index (κ3) is 3.34. The number of nitrogens with one attached hydrogen (secondary N) is 1. The lowest BCUT2D eigenvalue weighted by Crippen LogP contribution is -2.29. The Morgan fingerprint density at radius 3 is 2.44 bits per heavy atom. The van der Waals surface area contributed by atoms with Gasteiger partial charge in [-0.25, -0.2) is 0 Å². The molecule has 0 unspecified atom stereocenters. The van der Waals surface area contributed by atoms with Gasteiger partial charge in [0.1, 0.15) is 11.5 Å². The van der Waals surface area contributed by atoms with Crippen LogP contribution in [0.3, 0.4) is 0 Å². The van der Waals surface area contributed by atoms with E-state index in [4.69, 9.17) is 4.74 Å². The number of benzene rings is 3. The van der Waals surface area contributed by atoms with Crippen molar-refractivity contribution in [1.82, 2.24) is 9.88 Å². The quantitative estimate of drug-likeness (QED) is 0.523. The lowest BCUT2D eigenvalue weighted by Gasteiger charge is -2.27. The number of hydrogen-bond donors (Lipinski definition) is 1. The summed E-state index contributed by atoms with van der Waals surface area (Å²) in [6, 6.07) is 27.0. The molecule has 1 aromatic heterocycles. The minimum Gasteiger partial charge on any atom is -0.457 e. The van der Waals surface area contributed by atoms with Crippen LogP contribution in [0.2, 0.25) is 0 Å². The highest BCUT2D eigenvalue weighted by atomic mass is 16.5. The highest BCUT2D eigenvalue weighted by Crippen LogP contribution is 2.32. The first-order valence-electron chi connectivity index (χ1n) is 9.48. The van der Waals surface area contributed by atoms with Gasteiger partial charge in [-0.05, 0) is 41.5 Å². The SMILES string of the molecule is c1ccc(CN2CCc3[nH]c4ccc(Oc5ccccc5)cc4c3C2)cc1. The molecule has 2 heterocycles. The third-order valence-electron chi connectivity index (χ3n) is 5.25. The molecule has 1 aliphatic rings. The van der Waals surface area contributed by atoms with Crippen molar-refractivity contribution in [2.24, 2.45) is 0 Å². The molecule has 0 saturated heterocycles. The maximum Gasteiger partial charge on any atom is 0.128 e. The Hall–Kier alpha value is -3.04. The summed E-state index contributed by atoms with van der Waals surface area (Å²) in [6.07, 6.45) is 1.06. The fraction of sp³-hybridized carbons (Fsp3) is 0.167. The highest BCUT2D eigenvalue weighted by molar-refractivity contribution is 5.86. The second-order valence-corrected chi connectivity index (χ2v) is 7.15. The molecule has 0 radical (unpaired) electrons. The van der Waals surface area contributed by atoms with Crippen LogP contribution in [-0.2, 0) is 19.5 Å². The molecule has 5 rings (SSSR count). The van der Waals surface area contributed by atoms with E-state index < -0.39 is 0 Å². The largest absolute Gasteiger partial charge is 0.457 e. The van der Waals surface area contributed by atoms with Gasteiger partial charge in [-0.2, -0.15) is 0 Å². The first kappa shape index (κ1) is 16.2. The fourth-order valence-electron chi connectivity index (χ4n) is 3.91. The molecule has 0 atom stereocenters. The van der Waals surface area contributed by atoms with E-state index in [0.717, 1.165) is 37.6 Å². The molecule has 0 fully saturated rings. The third-order valence-corrected chi connectivity index (χ3v) is 5.25. The van der Waals surface area contributed by atoms with E-state index in [1.54, 1.807) is 0 Å². The van der Waals surface area contributed by atoms with Crippen LogP contribution < -0.4 is 4.74 Å². The van der Waals surface area contributed by atoms with Crippen LogP contribution in [0.1, 0.15) is 16.8 Å². The van der Waals surface area contributed by atoms with Crippen LogP contribution in [0.25, 0.3) is 10.9 Å². The Labute approximate surface area is 159 Å². The van der Waals surface area contributed by atoms with Crippen LogP contribution in [-0.4, -0.2) is 16.4 Å². The summed E-state index contributed by atoms with van der Waals surface area (Å²) in [4.78, 5) is 6.13. The van der Waals surface area contributed by atoms with E-state index in [0.29, 0.717) is 0 Å². The molecule has 1 N–H and O–H groups in total. The van der Waals surface area contributed by atoms with Gasteiger partial charge in [0.2, 0.25) is 0 Å². The number of para-hydroxylation sites is 1. The predicted molar refractivity (Wildman–Crippen MR) is 109 cm³/mol. The Balaban J connectivity index is 1.42. The second-order valence-electron chi connectivity index (χ2n) is 7.15. The minimum absolute atomic E-state index is 0.868. The van der Waals surface area contributed by atoms with Crippen molar-refractivity contribution >= 4 is 10.9 Å². The molecule has 0 spiro atoms. The molecule has 134 valence electrons. The van der Waals surface area contributed by atoms with Crippen molar-refractivity contribution in [3.63, 3.8) is 0 Å². The van der Waals surface area contributed by atoms with Gasteiger partial charge in [0.15, 0.2) is 0 Å². The smallest absolute Gasteiger partial charge is 0.128 e. The van der Waals surface area contributed by atoms with Crippen LogP contribution >= 0.6 is 0 Å². The highest BCUT2D eigenvalue weighted by Gasteiger charge is 2.21. The molecule has 3 nitrogen and oxygen atoms in total. The van der Waals surface area contributed by atoms with Gasteiger partial charge in [-0.1, -0.05) is 48.5 Å². The Morgan fingerprint density at radius 1 is 0.852 bits per heavy atom. The van der Waals surface area contributed by atoms with Gasteiger partial charge in [0.05, 0.1) is 0 Å². The molecular formula is C24H22N2O. The Bertz CT molecular complexity index is 1050. The van der Waals surface area contributed by atoms with Gasteiger partial charge in [0, 0.05) is 42.7 Å². The van der Waals surface area contributed by atoms with E-state index in [2.05, 4.69) is 52.3 Å². The van der Waals surface area contributed by atoms with Gasteiger partial charge >= 0.3 is 0 Å². The van der Waals surface area contributed by atoms with Crippen LogP contribution in [0.4, 0.5) is 0 Å².